The molecule has 1 aromatic rings. The van der Waals surface area contributed by atoms with Gasteiger partial charge in [0, 0.05) is 44.4 Å². The van der Waals surface area contributed by atoms with Crippen LogP contribution < -0.4 is 0 Å². The van der Waals surface area contributed by atoms with Gasteiger partial charge in [0.05, 0.1) is 5.60 Å². The second-order valence-electron chi connectivity index (χ2n) is 5.21. The van der Waals surface area contributed by atoms with Crippen LogP contribution in [0.25, 0.3) is 0 Å². The quantitative estimate of drug-likeness (QED) is 0.847. The maximum Gasteiger partial charge on any atom is 0.169 e. The van der Waals surface area contributed by atoms with Gasteiger partial charge in [-0.15, -0.1) is 0 Å². The van der Waals surface area contributed by atoms with Crippen LogP contribution in [0, 0.1) is 0 Å². The molecule has 112 valence electrons. The Morgan fingerprint density at radius 2 is 1.85 bits per heavy atom. The monoisotopic (exact) mass is 299 g/mol. The van der Waals surface area contributed by atoms with Crippen molar-refractivity contribution < 1.29 is 14.6 Å². The number of benzene rings is 1. The van der Waals surface area contributed by atoms with E-state index < -0.39 is 5.60 Å². The lowest BCUT2D eigenvalue weighted by Gasteiger charge is -2.39. The number of piperidine rings is 1. The Labute approximate surface area is 125 Å². The van der Waals surface area contributed by atoms with Crippen LogP contribution in [0.5, 0.6) is 0 Å². The van der Waals surface area contributed by atoms with Crippen LogP contribution in [0.1, 0.15) is 18.4 Å². The van der Waals surface area contributed by atoms with Crippen LogP contribution in [-0.2, 0) is 15.1 Å². The number of likely N-dealkylation sites (tertiary alicyclic amines) is 1. The molecule has 0 bridgehead atoms. The molecule has 5 heteroatoms. The van der Waals surface area contributed by atoms with E-state index in [-0.39, 0.29) is 6.29 Å². The van der Waals surface area contributed by atoms with Gasteiger partial charge in [-0.3, -0.25) is 4.90 Å². The lowest BCUT2D eigenvalue weighted by Crippen LogP contribution is -2.45. The van der Waals surface area contributed by atoms with E-state index in [0.717, 1.165) is 18.7 Å². The molecule has 0 aliphatic carbocycles. The van der Waals surface area contributed by atoms with E-state index in [9.17, 15) is 5.11 Å². The van der Waals surface area contributed by atoms with Gasteiger partial charge in [-0.2, -0.15) is 0 Å². The average Bonchev–Trinajstić information content (AvgIpc) is 2.47. The van der Waals surface area contributed by atoms with Crippen molar-refractivity contribution in [2.45, 2.75) is 24.7 Å². The van der Waals surface area contributed by atoms with Crippen LogP contribution >= 0.6 is 11.6 Å². The molecular weight excluding hydrogens is 278 g/mol. The fourth-order valence-electron chi connectivity index (χ4n) is 2.67. The first-order chi connectivity index (χ1) is 9.59. The third kappa shape index (κ3) is 3.51. The molecule has 20 heavy (non-hydrogen) atoms. The lowest BCUT2D eigenvalue weighted by atomic mass is 9.84. The minimum atomic E-state index is -0.829. The zero-order valence-electron chi connectivity index (χ0n) is 12.0. The minimum Gasteiger partial charge on any atom is -0.385 e. The molecule has 1 heterocycles. The Kier molecular flexibility index (Phi) is 5.41. The number of hydrogen-bond donors (Lipinski definition) is 1. The number of nitrogens with zero attached hydrogens (tertiary/aromatic N) is 1. The van der Waals surface area contributed by atoms with Crippen molar-refractivity contribution in [1.29, 1.82) is 0 Å². The van der Waals surface area contributed by atoms with E-state index in [1.54, 1.807) is 14.2 Å². The summed E-state index contributed by atoms with van der Waals surface area (Å²) in [7, 11) is 3.27. The fraction of sp³-hybridized carbons (Fsp3) is 0.600. The van der Waals surface area contributed by atoms with Crippen molar-refractivity contribution in [1.82, 2.24) is 4.90 Å². The Balaban J connectivity index is 1.98. The first-order valence-electron chi connectivity index (χ1n) is 6.84. The largest absolute Gasteiger partial charge is 0.385 e. The average molecular weight is 300 g/mol. The van der Waals surface area contributed by atoms with Crippen LogP contribution in [0.3, 0.4) is 0 Å². The summed E-state index contributed by atoms with van der Waals surface area (Å²) in [5, 5.41) is 11.5. The van der Waals surface area contributed by atoms with E-state index in [1.165, 1.54) is 0 Å². The smallest absolute Gasteiger partial charge is 0.169 e. The molecule has 4 nitrogen and oxygen atoms in total. The molecule has 0 amide bonds. The highest BCUT2D eigenvalue weighted by atomic mass is 35.5. The molecule has 0 saturated carbocycles. The van der Waals surface area contributed by atoms with Crippen molar-refractivity contribution >= 4 is 11.6 Å². The highest BCUT2D eigenvalue weighted by Crippen LogP contribution is 2.36. The number of halogens is 1. The second kappa shape index (κ2) is 6.87. The highest BCUT2D eigenvalue weighted by Gasteiger charge is 2.35. The number of aliphatic hydroxyl groups is 1. The molecule has 1 saturated heterocycles. The van der Waals surface area contributed by atoms with E-state index >= 15 is 0 Å². The molecule has 1 N–H and O–H groups in total. The number of rotatable bonds is 5. The van der Waals surface area contributed by atoms with Crippen molar-refractivity contribution in [3.63, 3.8) is 0 Å². The molecule has 1 aromatic carbocycles. The summed E-state index contributed by atoms with van der Waals surface area (Å²) in [6.45, 7) is 2.31. The SMILES string of the molecule is COC(CN1CCC(O)(c2ccccc2Cl)CC1)OC. The van der Waals surface area contributed by atoms with Gasteiger partial charge in [0.1, 0.15) is 0 Å². The van der Waals surface area contributed by atoms with Crippen LogP contribution in [0.15, 0.2) is 24.3 Å². The number of ether oxygens (including phenoxy) is 2. The summed E-state index contributed by atoms with van der Waals surface area (Å²) in [5.74, 6) is 0. The molecule has 2 rings (SSSR count). The van der Waals surface area contributed by atoms with Gasteiger partial charge >= 0.3 is 0 Å². The first kappa shape index (κ1) is 15.7. The van der Waals surface area contributed by atoms with Gasteiger partial charge in [0.2, 0.25) is 0 Å². The standard InChI is InChI=1S/C15H22ClNO3/c1-19-14(20-2)11-17-9-7-15(18,8-10-17)12-5-3-4-6-13(12)16/h3-6,14,18H,7-11H2,1-2H3. The van der Waals surface area contributed by atoms with Gasteiger partial charge in [0.25, 0.3) is 0 Å². The van der Waals surface area contributed by atoms with Crippen molar-refractivity contribution in [3.05, 3.63) is 34.9 Å². The molecule has 0 spiro atoms. The molecule has 1 fully saturated rings. The zero-order chi connectivity index (χ0) is 14.6. The van der Waals surface area contributed by atoms with Gasteiger partial charge in [-0.1, -0.05) is 29.8 Å². The minimum absolute atomic E-state index is 0.221. The van der Waals surface area contributed by atoms with Crippen LogP contribution in [0.2, 0.25) is 5.02 Å². The molecule has 0 aromatic heterocycles. The van der Waals surface area contributed by atoms with Crippen LogP contribution in [-0.4, -0.2) is 50.2 Å². The summed E-state index contributed by atoms with van der Waals surface area (Å²) in [5.41, 5.74) is 0.00107. The fourth-order valence-corrected chi connectivity index (χ4v) is 2.98. The first-order valence-corrected chi connectivity index (χ1v) is 7.22. The predicted molar refractivity (Wildman–Crippen MR) is 78.8 cm³/mol. The Bertz CT molecular complexity index is 429. The van der Waals surface area contributed by atoms with Crippen LogP contribution in [0.4, 0.5) is 0 Å². The maximum absolute atomic E-state index is 10.8. The number of hydrogen-bond acceptors (Lipinski definition) is 4. The Morgan fingerprint density at radius 3 is 2.40 bits per heavy atom. The number of methoxy groups -OCH3 is 2. The molecule has 0 unspecified atom stereocenters. The van der Waals surface area contributed by atoms with E-state index in [4.69, 9.17) is 21.1 Å². The Morgan fingerprint density at radius 1 is 1.25 bits per heavy atom. The lowest BCUT2D eigenvalue weighted by molar-refractivity contribution is -0.125. The summed E-state index contributed by atoms with van der Waals surface area (Å²) in [6, 6.07) is 7.53. The highest BCUT2D eigenvalue weighted by molar-refractivity contribution is 6.31. The van der Waals surface area contributed by atoms with Gasteiger partial charge in [-0.25, -0.2) is 0 Å². The summed E-state index contributed by atoms with van der Waals surface area (Å²) < 4.78 is 10.4. The maximum atomic E-state index is 10.8. The third-order valence-corrected chi connectivity index (χ3v) is 4.32. The van der Waals surface area contributed by atoms with Gasteiger partial charge in [-0.05, 0) is 18.9 Å². The Hall–Kier alpha value is -0.650. The van der Waals surface area contributed by atoms with Gasteiger partial charge in [0.15, 0.2) is 6.29 Å². The van der Waals surface area contributed by atoms with Gasteiger partial charge < -0.3 is 14.6 Å². The molecular formula is C15H22ClNO3. The van der Waals surface area contributed by atoms with Crippen molar-refractivity contribution in [2.75, 3.05) is 33.9 Å². The topological polar surface area (TPSA) is 41.9 Å². The predicted octanol–water partition coefficient (Wildman–Crippen LogP) is 2.24. The normalized spacial score (nSPS) is 19.4. The van der Waals surface area contributed by atoms with E-state index in [1.807, 2.05) is 24.3 Å². The van der Waals surface area contributed by atoms with Crippen molar-refractivity contribution in [3.8, 4) is 0 Å². The zero-order valence-corrected chi connectivity index (χ0v) is 12.8. The van der Waals surface area contributed by atoms with E-state index in [0.29, 0.717) is 24.4 Å². The third-order valence-electron chi connectivity index (χ3n) is 3.99. The summed E-state index contributed by atoms with van der Waals surface area (Å²) in [6.07, 6.45) is 1.11. The molecule has 1 aliphatic heterocycles. The summed E-state index contributed by atoms with van der Waals surface area (Å²) >= 11 is 6.20. The van der Waals surface area contributed by atoms with E-state index in [2.05, 4.69) is 4.90 Å². The second-order valence-corrected chi connectivity index (χ2v) is 5.62. The molecule has 1 aliphatic rings. The van der Waals surface area contributed by atoms with Crippen molar-refractivity contribution in [2.24, 2.45) is 0 Å². The summed E-state index contributed by atoms with van der Waals surface area (Å²) in [4.78, 5) is 2.24. The molecule has 0 atom stereocenters. The molecule has 0 radical (unpaired) electrons.